The lowest BCUT2D eigenvalue weighted by Gasteiger charge is -2.27. The fourth-order valence-electron chi connectivity index (χ4n) is 3.86. The summed E-state index contributed by atoms with van der Waals surface area (Å²) in [5.41, 5.74) is 0.934. The molecule has 0 N–H and O–H groups in total. The number of thiophene rings is 1. The van der Waals surface area contributed by atoms with Gasteiger partial charge in [-0.15, -0.1) is 11.3 Å². The topological polar surface area (TPSA) is 101 Å². The number of imide groups is 1. The predicted octanol–water partition coefficient (Wildman–Crippen LogP) is 5.97. The van der Waals surface area contributed by atoms with E-state index in [1.807, 2.05) is 6.07 Å². The molecule has 0 spiro atoms. The number of nitrogens with zero attached hydrogens (tertiary/aromatic N) is 3. The Balaban J connectivity index is 1.59. The van der Waals surface area contributed by atoms with E-state index in [1.54, 1.807) is 42.5 Å². The SMILES string of the molecule is O=C1c2ccccc2C(=O)N1CN(C(=O)c1sc2cc([N+](=O)[O-])ccc2c1Cl)c1ccccc1I. The fraction of sp³-hybridized carbons (Fsp3) is 0.0417. The van der Waals surface area contributed by atoms with E-state index in [1.165, 1.54) is 23.1 Å². The van der Waals surface area contributed by atoms with Crippen molar-refractivity contribution in [3.63, 3.8) is 0 Å². The molecule has 174 valence electrons. The molecule has 0 fully saturated rings. The molecule has 35 heavy (non-hydrogen) atoms. The van der Waals surface area contributed by atoms with Crippen LogP contribution < -0.4 is 4.90 Å². The summed E-state index contributed by atoms with van der Waals surface area (Å²) in [7, 11) is 0. The zero-order valence-electron chi connectivity index (χ0n) is 17.6. The van der Waals surface area contributed by atoms with E-state index < -0.39 is 22.6 Å². The maximum absolute atomic E-state index is 13.8. The fourth-order valence-corrected chi connectivity index (χ4v) is 6.03. The van der Waals surface area contributed by atoms with Gasteiger partial charge >= 0.3 is 0 Å². The van der Waals surface area contributed by atoms with Crippen LogP contribution in [0.4, 0.5) is 11.4 Å². The molecule has 0 unspecified atom stereocenters. The second-order valence-electron chi connectivity index (χ2n) is 7.59. The Morgan fingerprint density at radius 3 is 2.29 bits per heavy atom. The summed E-state index contributed by atoms with van der Waals surface area (Å²) >= 11 is 9.64. The summed E-state index contributed by atoms with van der Waals surface area (Å²) in [6.45, 7) is -0.323. The van der Waals surface area contributed by atoms with E-state index in [-0.39, 0.29) is 33.4 Å². The number of nitro benzene ring substituents is 1. The normalized spacial score (nSPS) is 12.8. The smallest absolute Gasteiger partial charge is 0.271 e. The van der Waals surface area contributed by atoms with Crippen LogP contribution >= 0.6 is 45.5 Å². The van der Waals surface area contributed by atoms with Crippen molar-refractivity contribution < 1.29 is 19.3 Å². The highest BCUT2D eigenvalue weighted by Crippen LogP contribution is 2.39. The van der Waals surface area contributed by atoms with Crippen molar-refractivity contribution in [1.82, 2.24) is 4.90 Å². The second kappa shape index (κ2) is 9.02. The molecule has 0 saturated carbocycles. The van der Waals surface area contributed by atoms with Crippen LogP contribution in [0.5, 0.6) is 0 Å². The number of halogens is 2. The first-order valence-corrected chi connectivity index (χ1v) is 12.4. The largest absolute Gasteiger partial charge is 0.288 e. The van der Waals surface area contributed by atoms with Crippen LogP contribution in [0.1, 0.15) is 30.4 Å². The van der Waals surface area contributed by atoms with Crippen LogP contribution in [0.3, 0.4) is 0 Å². The van der Waals surface area contributed by atoms with Crippen molar-refractivity contribution in [2.24, 2.45) is 0 Å². The number of amides is 3. The van der Waals surface area contributed by atoms with Gasteiger partial charge in [0.15, 0.2) is 0 Å². The van der Waals surface area contributed by atoms with Crippen LogP contribution in [-0.4, -0.2) is 34.2 Å². The van der Waals surface area contributed by atoms with Crippen molar-refractivity contribution in [3.8, 4) is 0 Å². The monoisotopic (exact) mass is 617 g/mol. The molecule has 0 bridgehead atoms. The molecule has 4 aromatic rings. The molecule has 11 heteroatoms. The van der Waals surface area contributed by atoms with Gasteiger partial charge in [0.1, 0.15) is 11.5 Å². The number of carbonyl (C=O) groups excluding carboxylic acids is 3. The van der Waals surface area contributed by atoms with E-state index in [0.717, 1.165) is 19.8 Å². The molecular weight excluding hydrogens is 605 g/mol. The van der Waals surface area contributed by atoms with Gasteiger partial charge in [0, 0.05) is 25.8 Å². The van der Waals surface area contributed by atoms with Gasteiger partial charge in [0.2, 0.25) is 0 Å². The van der Waals surface area contributed by atoms with Gasteiger partial charge in [-0.2, -0.15) is 0 Å². The van der Waals surface area contributed by atoms with Crippen molar-refractivity contribution >= 4 is 84.7 Å². The average Bonchev–Trinajstić information content (AvgIpc) is 3.31. The minimum absolute atomic E-state index is 0.116. The molecule has 2 heterocycles. The molecule has 1 aliphatic heterocycles. The van der Waals surface area contributed by atoms with Crippen LogP contribution in [0.2, 0.25) is 5.02 Å². The average molecular weight is 618 g/mol. The Labute approximate surface area is 221 Å². The Morgan fingerprint density at radius 1 is 1.03 bits per heavy atom. The number of rotatable bonds is 5. The molecular formula is C24H13ClIN3O5S. The van der Waals surface area contributed by atoms with Crippen LogP contribution in [0, 0.1) is 13.7 Å². The van der Waals surface area contributed by atoms with E-state index in [9.17, 15) is 24.5 Å². The third-order valence-electron chi connectivity index (χ3n) is 5.57. The molecule has 1 aromatic heterocycles. The van der Waals surface area contributed by atoms with Crippen molar-refractivity contribution in [2.45, 2.75) is 0 Å². The van der Waals surface area contributed by atoms with Crippen molar-refractivity contribution in [1.29, 1.82) is 0 Å². The number of non-ortho nitro benzene ring substituents is 1. The first-order valence-electron chi connectivity index (χ1n) is 10.2. The van der Waals surface area contributed by atoms with Gasteiger partial charge in [-0.25, -0.2) is 0 Å². The summed E-state index contributed by atoms with van der Waals surface area (Å²) in [5, 5.41) is 11.8. The quantitative estimate of drug-likeness (QED) is 0.119. The van der Waals surface area contributed by atoms with Crippen LogP contribution in [-0.2, 0) is 0 Å². The highest BCUT2D eigenvalue weighted by molar-refractivity contribution is 14.1. The van der Waals surface area contributed by atoms with E-state index in [4.69, 9.17) is 11.6 Å². The maximum Gasteiger partial charge on any atom is 0.271 e. The number of hydrogen-bond acceptors (Lipinski definition) is 6. The summed E-state index contributed by atoms with van der Waals surface area (Å²) in [6, 6.07) is 17.8. The lowest BCUT2D eigenvalue weighted by atomic mass is 10.1. The standard InChI is InChI=1S/C24H13ClIN3O5S/c25-20-16-10-9-13(29(33)34)11-19(16)35-21(20)24(32)27(18-8-4-3-7-17(18)26)12-28-22(30)14-5-1-2-6-15(14)23(28)31/h1-11H,12H2. The molecule has 0 radical (unpaired) electrons. The highest BCUT2D eigenvalue weighted by atomic mass is 127. The molecule has 0 saturated heterocycles. The van der Waals surface area contributed by atoms with Gasteiger partial charge in [0.25, 0.3) is 23.4 Å². The maximum atomic E-state index is 13.8. The number of fused-ring (bicyclic) bond motifs is 2. The summed E-state index contributed by atoms with van der Waals surface area (Å²) in [6.07, 6.45) is 0. The minimum Gasteiger partial charge on any atom is -0.288 e. The summed E-state index contributed by atoms with van der Waals surface area (Å²) in [5.74, 6) is -1.51. The zero-order chi connectivity index (χ0) is 24.9. The molecule has 1 aliphatic rings. The molecule has 3 amide bonds. The Morgan fingerprint density at radius 2 is 1.66 bits per heavy atom. The van der Waals surface area contributed by atoms with Crippen LogP contribution in [0.15, 0.2) is 66.7 Å². The first-order chi connectivity index (χ1) is 16.8. The summed E-state index contributed by atoms with van der Waals surface area (Å²) < 4.78 is 1.21. The number of hydrogen-bond donors (Lipinski definition) is 0. The van der Waals surface area contributed by atoms with Gasteiger partial charge in [-0.1, -0.05) is 35.9 Å². The molecule has 0 atom stereocenters. The first kappa shape index (κ1) is 23.4. The number of benzene rings is 3. The third kappa shape index (κ3) is 3.97. The third-order valence-corrected chi connectivity index (χ3v) is 8.12. The Hall–Kier alpha value is -3.35. The second-order valence-corrected chi connectivity index (χ2v) is 10.2. The molecule has 8 nitrogen and oxygen atoms in total. The number of carbonyl (C=O) groups is 3. The Bertz CT molecular complexity index is 1540. The van der Waals surface area contributed by atoms with Crippen molar-refractivity contribution in [2.75, 3.05) is 11.6 Å². The Kier molecular flexibility index (Phi) is 6.03. The highest BCUT2D eigenvalue weighted by Gasteiger charge is 2.38. The van der Waals surface area contributed by atoms with Gasteiger partial charge in [-0.05, 0) is 52.9 Å². The van der Waals surface area contributed by atoms with Crippen molar-refractivity contribution in [3.05, 3.63) is 101 Å². The molecule has 0 aliphatic carbocycles. The van der Waals surface area contributed by atoms with Gasteiger partial charge in [0.05, 0.1) is 26.8 Å². The van der Waals surface area contributed by atoms with E-state index >= 15 is 0 Å². The van der Waals surface area contributed by atoms with E-state index in [0.29, 0.717) is 15.8 Å². The number of nitro groups is 1. The number of anilines is 1. The number of para-hydroxylation sites is 1. The summed E-state index contributed by atoms with van der Waals surface area (Å²) in [4.78, 5) is 53.0. The predicted molar refractivity (Wildman–Crippen MR) is 141 cm³/mol. The van der Waals surface area contributed by atoms with E-state index in [2.05, 4.69) is 22.6 Å². The molecule has 3 aromatic carbocycles. The van der Waals surface area contributed by atoms with Crippen LogP contribution in [0.25, 0.3) is 10.1 Å². The lowest BCUT2D eigenvalue weighted by molar-refractivity contribution is -0.384. The molecule has 5 rings (SSSR count). The van der Waals surface area contributed by atoms with Gasteiger partial charge < -0.3 is 0 Å². The minimum atomic E-state index is -0.528. The van der Waals surface area contributed by atoms with Gasteiger partial charge in [-0.3, -0.25) is 34.3 Å². The lowest BCUT2D eigenvalue weighted by Crippen LogP contribution is -2.44. The zero-order valence-corrected chi connectivity index (χ0v) is 21.3.